The van der Waals surface area contributed by atoms with Crippen molar-refractivity contribution in [2.45, 2.75) is 18.8 Å². The van der Waals surface area contributed by atoms with Crippen molar-refractivity contribution >= 4 is 11.6 Å². The lowest BCUT2D eigenvalue weighted by molar-refractivity contribution is -0.0322. The van der Waals surface area contributed by atoms with E-state index in [-0.39, 0.29) is 6.10 Å². The van der Waals surface area contributed by atoms with E-state index in [1.165, 1.54) is 5.56 Å². The van der Waals surface area contributed by atoms with Gasteiger partial charge in [-0.2, -0.15) is 0 Å². The molecular formula is C23H29ClN2O4. The standard InChI is InChI=1S/C23H29ClN2O4/c24-19-7-5-18(6-8-19)13-25-9-11-26(12-10-25)14-20(27)15-28-16-21-17-29-22-3-1-2-4-23(22)30-21/h1-8,20-21,27H,9-17H2. The third kappa shape index (κ3) is 6.09. The number of aliphatic hydroxyl groups is 1. The number of aliphatic hydroxyl groups excluding tert-OH is 1. The van der Waals surface area contributed by atoms with Gasteiger partial charge in [-0.3, -0.25) is 9.80 Å². The van der Waals surface area contributed by atoms with Crippen molar-refractivity contribution in [2.75, 3.05) is 52.5 Å². The Labute approximate surface area is 182 Å². The third-order valence-corrected chi connectivity index (χ3v) is 5.69. The number of halogens is 1. The zero-order valence-electron chi connectivity index (χ0n) is 17.1. The van der Waals surface area contributed by atoms with Crippen LogP contribution in [0.4, 0.5) is 0 Å². The van der Waals surface area contributed by atoms with Gasteiger partial charge in [-0.1, -0.05) is 35.9 Å². The maximum atomic E-state index is 10.4. The summed E-state index contributed by atoms with van der Waals surface area (Å²) in [5, 5.41) is 11.1. The van der Waals surface area contributed by atoms with Gasteiger partial charge in [0.2, 0.25) is 0 Å². The second-order valence-electron chi connectivity index (χ2n) is 7.89. The first-order chi connectivity index (χ1) is 14.7. The smallest absolute Gasteiger partial charge is 0.161 e. The van der Waals surface area contributed by atoms with Gasteiger partial charge >= 0.3 is 0 Å². The summed E-state index contributed by atoms with van der Waals surface area (Å²) in [7, 11) is 0. The Morgan fingerprint density at radius 2 is 1.70 bits per heavy atom. The minimum atomic E-state index is -0.510. The molecule has 0 saturated carbocycles. The van der Waals surface area contributed by atoms with Crippen LogP contribution in [0.1, 0.15) is 5.56 Å². The first-order valence-electron chi connectivity index (χ1n) is 10.5. The van der Waals surface area contributed by atoms with E-state index in [1.807, 2.05) is 36.4 Å². The molecule has 0 spiro atoms. The van der Waals surface area contributed by atoms with Crippen molar-refractivity contribution in [1.82, 2.24) is 9.80 Å². The van der Waals surface area contributed by atoms with Crippen LogP contribution in [-0.4, -0.2) is 79.7 Å². The summed E-state index contributed by atoms with van der Waals surface area (Å²) < 4.78 is 17.3. The van der Waals surface area contributed by atoms with Crippen molar-refractivity contribution in [3.05, 3.63) is 59.1 Å². The molecule has 2 aliphatic rings. The number of rotatable bonds is 8. The van der Waals surface area contributed by atoms with Gasteiger partial charge < -0.3 is 19.3 Å². The lowest BCUT2D eigenvalue weighted by Gasteiger charge is -2.35. The van der Waals surface area contributed by atoms with Gasteiger partial charge in [0.05, 0.1) is 19.3 Å². The minimum absolute atomic E-state index is 0.150. The summed E-state index contributed by atoms with van der Waals surface area (Å²) in [6.45, 7) is 6.59. The van der Waals surface area contributed by atoms with Crippen LogP contribution in [0.25, 0.3) is 0 Å². The molecule has 0 radical (unpaired) electrons. The fourth-order valence-electron chi connectivity index (χ4n) is 3.81. The Morgan fingerprint density at radius 3 is 2.47 bits per heavy atom. The van der Waals surface area contributed by atoms with Crippen LogP contribution in [0.3, 0.4) is 0 Å². The van der Waals surface area contributed by atoms with E-state index in [4.69, 9.17) is 25.8 Å². The van der Waals surface area contributed by atoms with Gasteiger partial charge in [0.15, 0.2) is 17.6 Å². The highest BCUT2D eigenvalue weighted by molar-refractivity contribution is 6.30. The van der Waals surface area contributed by atoms with Crippen molar-refractivity contribution in [3.63, 3.8) is 0 Å². The van der Waals surface area contributed by atoms with Crippen LogP contribution in [0, 0.1) is 0 Å². The zero-order valence-corrected chi connectivity index (χ0v) is 17.8. The Balaban J connectivity index is 1.11. The van der Waals surface area contributed by atoms with Crippen LogP contribution in [0.5, 0.6) is 11.5 Å². The lowest BCUT2D eigenvalue weighted by atomic mass is 10.2. The van der Waals surface area contributed by atoms with E-state index in [2.05, 4.69) is 21.9 Å². The van der Waals surface area contributed by atoms with Gasteiger partial charge in [0, 0.05) is 44.3 Å². The van der Waals surface area contributed by atoms with Crippen LogP contribution in [0.15, 0.2) is 48.5 Å². The maximum Gasteiger partial charge on any atom is 0.161 e. The Hall–Kier alpha value is -1.83. The molecule has 0 aliphatic carbocycles. The average molecular weight is 433 g/mol. The van der Waals surface area contributed by atoms with Gasteiger partial charge in [-0.15, -0.1) is 0 Å². The molecule has 2 heterocycles. The summed E-state index contributed by atoms with van der Waals surface area (Å²) in [5.41, 5.74) is 1.28. The Bertz CT molecular complexity index is 796. The number of ether oxygens (including phenoxy) is 3. The highest BCUT2D eigenvalue weighted by Gasteiger charge is 2.22. The molecule has 0 aromatic heterocycles. The lowest BCUT2D eigenvalue weighted by Crippen LogP contribution is -2.48. The van der Waals surface area contributed by atoms with Crippen molar-refractivity contribution < 1.29 is 19.3 Å². The minimum Gasteiger partial charge on any atom is -0.486 e. The first-order valence-corrected chi connectivity index (χ1v) is 10.9. The quantitative estimate of drug-likeness (QED) is 0.692. The molecule has 2 atom stereocenters. The van der Waals surface area contributed by atoms with E-state index in [1.54, 1.807) is 0 Å². The molecule has 2 aromatic rings. The zero-order chi connectivity index (χ0) is 20.8. The number of benzene rings is 2. The van der Waals surface area contributed by atoms with Crippen molar-refractivity contribution in [3.8, 4) is 11.5 Å². The van der Waals surface area contributed by atoms with E-state index in [0.717, 1.165) is 49.2 Å². The van der Waals surface area contributed by atoms with Gasteiger partial charge in [-0.05, 0) is 29.8 Å². The van der Waals surface area contributed by atoms with E-state index >= 15 is 0 Å². The van der Waals surface area contributed by atoms with Gasteiger partial charge in [0.1, 0.15) is 6.61 Å². The van der Waals surface area contributed by atoms with Crippen LogP contribution in [-0.2, 0) is 11.3 Å². The number of para-hydroxylation sites is 2. The average Bonchev–Trinajstić information content (AvgIpc) is 2.77. The number of hydrogen-bond donors (Lipinski definition) is 1. The highest BCUT2D eigenvalue weighted by atomic mass is 35.5. The molecule has 7 heteroatoms. The molecule has 2 aromatic carbocycles. The first kappa shape index (κ1) is 21.4. The summed E-state index contributed by atoms with van der Waals surface area (Å²) in [6, 6.07) is 15.7. The maximum absolute atomic E-state index is 10.4. The molecule has 4 rings (SSSR count). The van der Waals surface area contributed by atoms with E-state index in [0.29, 0.717) is 26.4 Å². The van der Waals surface area contributed by atoms with E-state index < -0.39 is 6.10 Å². The fraction of sp³-hybridized carbons (Fsp3) is 0.478. The number of fused-ring (bicyclic) bond motifs is 1. The molecule has 2 unspecified atom stereocenters. The van der Waals surface area contributed by atoms with E-state index in [9.17, 15) is 5.11 Å². The second-order valence-corrected chi connectivity index (χ2v) is 8.33. The van der Waals surface area contributed by atoms with Gasteiger partial charge in [-0.25, -0.2) is 0 Å². The molecule has 1 fully saturated rings. The molecule has 1 saturated heterocycles. The van der Waals surface area contributed by atoms with Crippen LogP contribution in [0.2, 0.25) is 5.02 Å². The predicted molar refractivity (Wildman–Crippen MR) is 116 cm³/mol. The number of β-amino-alcohol motifs (C(OH)–C–C–N with tert-alkyl or cyclic N) is 1. The number of nitrogens with zero attached hydrogens (tertiary/aromatic N) is 2. The molecule has 2 aliphatic heterocycles. The number of hydrogen-bond acceptors (Lipinski definition) is 6. The third-order valence-electron chi connectivity index (χ3n) is 5.43. The molecule has 6 nitrogen and oxygen atoms in total. The molecular weight excluding hydrogens is 404 g/mol. The molecule has 0 amide bonds. The number of piperazine rings is 1. The van der Waals surface area contributed by atoms with Crippen LogP contribution >= 0.6 is 11.6 Å². The topological polar surface area (TPSA) is 54.4 Å². The summed E-state index contributed by atoms with van der Waals surface area (Å²) in [4.78, 5) is 4.73. The molecule has 30 heavy (non-hydrogen) atoms. The Morgan fingerprint density at radius 1 is 1.00 bits per heavy atom. The highest BCUT2D eigenvalue weighted by Crippen LogP contribution is 2.30. The van der Waals surface area contributed by atoms with Crippen molar-refractivity contribution in [1.29, 1.82) is 0 Å². The molecule has 162 valence electrons. The second kappa shape index (κ2) is 10.5. The summed E-state index contributed by atoms with van der Waals surface area (Å²) >= 11 is 5.96. The summed E-state index contributed by atoms with van der Waals surface area (Å²) in [5.74, 6) is 1.51. The molecule has 1 N–H and O–H groups in total. The fourth-order valence-corrected chi connectivity index (χ4v) is 3.94. The monoisotopic (exact) mass is 432 g/mol. The Kier molecular flexibility index (Phi) is 7.47. The summed E-state index contributed by atoms with van der Waals surface area (Å²) in [6.07, 6.45) is -0.659. The van der Waals surface area contributed by atoms with Gasteiger partial charge in [0.25, 0.3) is 0 Å². The van der Waals surface area contributed by atoms with Crippen LogP contribution < -0.4 is 9.47 Å². The van der Waals surface area contributed by atoms with Crippen molar-refractivity contribution in [2.24, 2.45) is 0 Å². The normalized spacial score (nSPS) is 20.8. The SMILES string of the molecule is OC(COCC1COc2ccccc2O1)CN1CCN(Cc2ccc(Cl)cc2)CC1. The predicted octanol–water partition coefficient (Wildman–Crippen LogP) is 2.68. The molecule has 0 bridgehead atoms. The largest absolute Gasteiger partial charge is 0.486 e.